The van der Waals surface area contributed by atoms with Crippen LogP contribution in [0.5, 0.6) is 0 Å². The lowest BCUT2D eigenvalue weighted by atomic mass is 10.2. The van der Waals surface area contributed by atoms with Gasteiger partial charge in [0.15, 0.2) is 0 Å². The fourth-order valence-corrected chi connectivity index (χ4v) is 2.09. The Kier molecular flexibility index (Phi) is 4.47. The Labute approximate surface area is 106 Å². The smallest absolute Gasteiger partial charge is 0.132 e. The van der Waals surface area contributed by atoms with E-state index in [0.29, 0.717) is 24.1 Å². The molecule has 1 unspecified atom stereocenters. The number of aromatic nitrogens is 1. The van der Waals surface area contributed by atoms with Crippen LogP contribution in [0.15, 0.2) is 24.4 Å². The molecule has 2 heterocycles. The fraction of sp³-hybridized carbons (Fsp3) is 0.500. The molecule has 18 heavy (non-hydrogen) atoms. The van der Waals surface area contributed by atoms with Crippen LogP contribution in [-0.2, 0) is 0 Å². The van der Waals surface area contributed by atoms with Gasteiger partial charge < -0.3 is 10.4 Å². The molecule has 0 amide bonds. The molecule has 0 aliphatic carbocycles. The third kappa shape index (κ3) is 3.17. The van der Waals surface area contributed by atoms with E-state index in [-0.39, 0.29) is 6.04 Å². The molecule has 1 atom stereocenters. The first-order chi connectivity index (χ1) is 8.81. The van der Waals surface area contributed by atoms with Gasteiger partial charge in [0.2, 0.25) is 0 Å². The van der Waals surface area contributed by atoms with Gasteiger partial charge in [-0.15, -0.1) is 0 Å². The van der Waals surface area contributed by atoms with Crippen LogP contribution in [0.25, 0.3) is 0 Å². The molecule has 1 N–H and O–H groups in total. The second kappa shape index (κ2) is 6.31. The van der Waals surface area contributed by atoms with Crippen molar-refractivity contribution in [1.29, 1.82) is 5.26 Å². The van der Waals surface area contributed by atoms with Crippen molar-refractivity contribution in [2.45, 2.75) is 18.9 Å². The van der Waals surface area contributed by atoms with Gasteiger partial charge in [-0.05, 0) is 31.5 Å². The molecule has 0 spiro atoms. The zero-order valence-corrected chi connectivity index (χ0v) is 10.1. The second-order valence-electron chi connectivity index (χ2n) is 4.21. The average Bonchev–Trinajstić information content (AvgIpc) is 2.87. The normalized spacial score (nSPS) is 19.7. The van der Waals surface area contributed by atoms with Crippen molar-refractivity contribution < 1.29 is 0 Å². The van der Waals surface area contributed by atoms with Crippen molar-refractivity contribution in [2.75, 3.05) is 24.8 Å². The second-order valence-corrected chi connectivity index (χ2v) is 4.21. The molecule has 1 aromatic heterocycles. The van der Waals surface area contributed by atoms with E-state index in [1.165, 1.54) is 0 Å². The van der Waals surface area contributed by atoms with Crippen LogP contribution in [-0.4, -0.2) is 35.6 Å². The van der Waals surface area contributed by atoms with E-state index in [2.05, 4.69) is 21.4 Å². The number of rotatable bonds is 5. The van der Waals surface area contributed by atoms with Crippen LogP contribution in [0.2, 0.25) is 0 Å². The topological polar surface area (TPSA) is 78.2 Å². The molecule has 96 valence electrons. The van der Waals surface area contributed by atoms with E-state index in [1.54, 1.807) is 24.4 Å². The summed E-state index contributed by atoms with van der Waals surface area (Å²) in [4.78, 5) is 6.04. The highest BCUT2D eigenvalue weighted by Gasteiger charge is 2.23. The first kappa shape index (κ1) is 12.8. The van der Waals surface area contributed by atoms with Gasteiger partial charge in [-0.2, -0.15) is 5.26 Å². The molecule has 0 bridgehead atoms. The molecular weight excluding hydrogens is 230 g/mol. The summed E-state index contributed by atoms with van der Waals surface area (Å²) in [5.74, 6) is 0.343. The number of hydrazine groups is 1. The number of hydrogen-bond donors (Lipinski definition) is 1. The van der Waals surface area contributed by atoms with E-state index < -0.39 is 0 Å². The van der Waals surface area contributed by atoms with Crippen LogP contribution in [0.4, 0.5) is 5.82 Å². The lowest BCUT2D eigenvalue weighted by Crippen LogP contribution is -2.41. The standard InChI is InChI=1S/C12H16N5O/c13-10-11-4-3-8-16(11)9-7-15-17(18)12-5-1-2-6-14-12/h1-2,5-6,11,15H,3-4,7-9H2/q-1. The number of anilines is 1. The molecule has 1 aliphatic heterocycles. The molecule has 1 aliphatic rings. The van der Waals surface area contributed by atoms with Crippen molar-refractivity contribution in [3.8, 4) is 6.07 Å². The van der Waals surface area contributed by atoms with Gasteiger partial charge >= 0.3 is 0 Å². The zero-order chi connectivity index (χ0) is 12.8. The molecule has 0 aromatic carbocycles. The van der Waals surface area contributed by atoms with Crippen molar-refractivity contribution in [3.63, 3.8) is 0 Å². The number of nitriles is 1. The van der Waals surface area contributed by atoms with Gasteiger partial charge in [0.05, 0.1) is 12.1 Å². The molecule has 0 saturated carbocycles. The minimum Gasteiger partial charge on any atom is -0.742 e. The molecular formula is C12H16N5O-. The van der Waals surface area contributed by atoms with E-state index in [9.17, 15) is 5.21 Å². The molecule has 1 aromatic rings. The SMILES string of the molecule is N#CC1CCCN1CCNN([O-])c1ccccn1. The van der Waals surface area contributed by atoms with Crippen molar-refractivity contribution in [3.05, 3.63) is 29.6 Å². The molecule has 0 radical (unpaired) electrons. The van der Waals surface area contributed by atoms with Crippen molar-refractivity contribution in [1.82, 2.24) is 15.3 Å². The van der Waals surface area contributed by atoms with Crippen LogP contribution in [0.3, 0.4) is 0 Å². The van der Waals surface area contributed by atoms with Gasteiger partial charge in [-0.3, -0.25) is 4.90 Å². The average molecular weight is 246 g/mol. The Balaban J connectivity index is 1.74. The largest absolute Gasteiger partial charge is 0.742 e. The first-order valence-corrected chi connectivity index (χ1v) is 6.07. The molecule has 6 heteroatoms. The van der Waals surface area contributed by atoms with Crippen LogP contribution < -0.4 is 10.6 Å². The van der Waals surface area contributed by atoms with Gasteiger partial charge in [0, 0.05) is 19.3 Å². The van der Waals surface area contributed by atoms with Crippen LogP contribution >= 0.6 is 0 Å². The number of pyridine rings is 1. The molecule has 1 fully saturated rings. The lowest BCUT2D eigenvalue weighted by Gasteiger charge is -2.31. The highest BCUT2D eigenvalue weighted by molar-refractivity contribution is 5.36. The summed E-state index contributed by atoms with van der Waals surface area (Å²) in [5, 5.41) is 21.2. The Hall–Kier alpha value is -1.68. The van der Waals surface area contributed by atoms with Gasteiger partial charge in [0.1, 0.15) is 5.82 Å². The maximum Gasteiger partial charge on any atom is 0.132 e. The summed E-state index contributed by atoms with van der Waals surface area (Å²) in [7, 11) is 0. The van der Waals surface area contributed by atoms with E-state index in [4.69, 9.17) is 5.26 Å². The fourth-order valence-electron chi connectivity index (χ4n) is 2.09. The van der Waals surface area contributed by atoms with Crippen LogP contribution in [0, 0.1) is 16.5 Å². The van der Waals surface area contributed by atoms with Gasteiger partial charge in [0.25, 0.3) is 0 Å². The Morgan fingerprint density at radius 1 is 1.61 bits per heavy atom. The van der Waals surface area contributed by atoms with E-state index >= 15 is 0 Å². The van der Waals surface area contributed by atoms with Crippen molar-refractivity contribution in [2.24, 2.45) is 0 Å². The Bertz CT molecular complexity index is 405. The predicted molar refractivity (Wildman–Crippen MR) is 68.3 cm³/mol. The summed E-state index contributed by atoms with van der Waals surface area (Å²) in [5.41, 5.74) is 2.73. The number of likely N-dealkylation sites (tertiary alicyclic amines) is 1. The van der Waals surface area contributed by atoms with Gasteiger partial charge in [-0.1, -0.05) is 6.07 Å². The highest BCUT2D eigenvalue weighted by Crippen LogP contribution is 2.15. The Morgan fingerprint density at radius 3 is 3.22 bits per heavy atom. The third-order valence-electron chi connectivity index (χ3n) is 3.02. The summed E-state index contributed by atoms with van der Waals surface area (Å²) in [6, 6.07) is 7.45. The third-order valence-corrected chi connectivity index (χ3v) is 3.02. The molecule has 2 rings (SSSR count). The number of nitrogens with zero attached hydrogens (tertiary/aromatic N) is 4. The Morgan fingerprint density at radius 2 is 2.50 bits per heavy atom. The van der Waals surface area contributed by atoms with Crippen molar-refractivity contribution >= 4 is 5.82 Å². The summed E-state index contributed by atoms with van der Waals surface area (Å²) >= 11 is 0. The maximum atomic E-state index is 11.6. The summed E-state index contributed by atoms with van der Waals surface area (Å²) in [6.45, 7) is 2.14. The van der Waals surface area contributed by atoms with E-state index in [1.807, 2.05) is 0 Å². The number of hydrogen-bond acceptors (Lipinski definition) is 6. The first-order valence-electron chi connectivity index (χ1n) is 6.07. The maximum absolute atomic E-state index is 11.6. The summed E-state index contributed by atoms with van der Waals surface area (Å²) < 4.78 is 0. The monoisotopic (exact) mass is 246 g/mol. The quantitative estimate of drug-likeness (QED) is 0.777. The minimum absolute atomic E-state index is 0.00162. The zero-order valence-electron chi connectivity index (χ0n) is 10.1. The minimum atomic E-state index is 0.00162. The predicted octanol–water partition coefficient (Wildman–Crippen LogP) is 0.878. The number of nitrogens with one attached hydrogen (secondary N) is 1. The molecule has 6 nitrogen and oxygen atoms in total. The van der Waals surface area contributed by atoms with Crippen LogP contribution in [0.1, 0.15) is 12.8 Å². The van der Waals surface area contributed by atoms with E-state index in [0.717, 1.165) is 19.4 Å². The summed E-state index contributed by atoms with van der Waals surface area (Å²) in [6.07, 6.45) is 3.56. The molecule has 1 saturated heterocycles. The highest BCUT2D eigenvalue weighted by atomic mass is 16.5. The lowest BCUT2D eigenvalue weighted by molar-refractivity contribution is 0.294. The van der Waals surface area contributed by atoms with Gasteiger partial charge in [-0.25, -0.2) is 10.4 Å².